The molecule has 0 aromatic carbocycles. The third-order valence-electron chi connectivity index (χ3n) is 5.89. The number of hydrogen-bond acceptors (Lipinski definition) is 4. The maximum Gasteiger partial charge on any atom is 0.323 e. The second kappa shape index (κ2) is 18.4. The summed E-state index contributed by atoms with van der Waals surface area (Å²) in [5, 5.41) is 0. The summed E-state index contributed by atoms with van der Waals surface area (Å²) in [6, 6.07) is -0.0875. The van der Waals surface area contributed by atoms with Gasteiger partial charge < -0.3 is 9.47 Å². The topological polar surface area (TPSA) is 38.8 Å². The van der Waals surface area contributed by atoms with E-state index in [4.69, 9.17) is 9.47 Å². The lowest BCUT2D eigenvalue weighted by atomic mass is 10.0. The molecule has 0 saturated carbocycles. The van der Waals surface area contributed by atoms with E-state index < -0.39 is 0 Å². The third-order valence-corrected chi connectivity index (χ3v) is 5.89. The van der Waals surface area contributed by atoms with E-state index in [9.17, 15) is 4.79 Å². The zero-order chi connectivity index (χ0) is 20.3. The summed E-state index contributed by atoms with van der Waals surface area (Å²) in [5.41, 5.74) is 0. The van der Waals surface area contributed by atoms with Crippen LogP contribution < -0.4 is 0 Å². The van der Waals surface area contributed by atoms with Crippen LogP contribution in [-0.2, 0) is 14.3 Å². The Morgan fingerprint density at radius 3 is 1.71 bits per heavy atom. The largest absolute Gasteiger partial charge is 0.465 e. The monoisotopic (exact) mass is 397 g/mol. The Labute approximate surface area is 174 Å². The molecule has 28 heavy (non-hydrogen) atoms. The number of nitrogens with zero attached hydrogens (tertiary/aromatic N) is 1. The van der Waals surface area contributed by atoms with Gasteiger partial charge in [0.25, 0.3) is 0 Å². The maximum absolute atomic E-state index is 12.3. The SMILES string of the molecule is CCCCCCCCCCCCCCCCOC(=O)C(CC)N1CCOCC1. The molecule has 4 nitrogen and oxygen atoms in total. The Morgan fingerprint density at radius 2 is 1.25 bits per heavy atom. The molecule has 1 aliphatic heterocycles. The molecule has 0 radical (unpaired) electrons. The average molecular weight is 398 g/mol. The molecular formula is C24H47NO3. The highest BCUT2D eigenvalue weighted by atomic mass is 16.5. The van der Waals surface area contributed by atoms with Crippen LogP contribution in [0.4, 0.5) is 0 Å². The molecule has 1 fully saturated rings. The van der Waals surface area contributed by atoms with Crippen molar-refractivity contribution in [3.63, 3.8) is 0 Å². The van der Waals surface area contributed by atoms with Gasteiger partial charge in [0.1, 0.15) is 6.04 Å². The summed E-state index contributed by atoms with van der Waals surface area (Å²) in [5.74, 6) is -0.0425. The van der Waals surface area contributed by atoms with Crippen molar-refractivity contribution in [3.05, 3.63) is 0 Å². The first-order chi connectivity index (χ1) is 13.8. The van der Waals surface area contributed by atoms with Crippen LogP contribution in [0.25, 0.3) is 0 Å². The second-order valence-electron chi connectivity index (χ2n) is 8.34. The predicted octanol–water partition coefficient (Wildman–Crippen LogP) is 6.12. The van der Waals surface area contributed by atoms with Gasteiger partial charge in [0.15, 0.2) is 0 Å². The first kappa shape index (κ1) is 25.4. The molecule has 166 valence electrons. The molecule has 0 N–H and O–H groups in total. The highest BCUT2D eigenvalue weighted by Crippen LogP contribution is 2.13. The molecule has 4 heteroatoms. The van der Waals surface area contributed by atoms with Crippen molar-refractivity contribution in [1.82, 2.24) is 4.90 Å². The number of morpholine rings is 1. The minimum Gasteiger partial charge on any atom is -0.465 e. The van der Waals surface area contributed by atoms with Crippen LogP contribution in [0.3, 0.4) is 0 Å². The van der Waals surface area contributed by atoms with E-state index in [1.807, 2.05) is 0 Å². The second-order valence-corrected chi connectivity index (χ2v) is 8.34. The number of unbranched alkanes of at least 4 members (excludes halogenated alkanes) is 13. The first-order valence-corrected chi connectivity index (χ1v) is 12.3. The Bertz CT molecular complexity index is 356. The lowest BCUT2D eigenvalue weighted by molar-refractivity contribution is -0.152. The number of carbonyl (C=O) groups is 1. The molecule has 0 aromatic heterocycles. The summed E-state index contributed by atoms with van der Waals surface area (Å²) in [4.78, 5) is 14.5. The molecular weight excluding hydrogens is 350 g/mol. The molecule has 1 heterocycles. The highest BCUT2D eigenvalue weighted by molar-refractivity contribution is 5.75. The Kier molecular flexibility index (Phi) is 16.7. The van der Waals surface area contributed by atoms with Crippen molar-refractivity contribution in [2.75, 3.05) is 32.9 Å². The van der Waals surface area contributed by atoms with Gasteiger partial charge in [-0.05, 0) is 12.8 Å². The van der Waals surface area contributed by atoms with Gasteiger partial charge in [0, 0.05) is 13.1 Å². The van der Waals surface area contributed by atoms with Crippen molar-refractivity contribution in [2.24, 2.45) is 0 Å². The molecule has 1 atom stereocenters. The molecule has 0 aromatic rings. The van der Waals surface area contributed by atoms with Gasteiger partial charge in [-0.1, -0.05) is 97.3 Å². The van der Waals surface area contributed by atoms with Crippen molar-refractivity contribution in [3.8, 4) is 0 Å². The van der Waals surface area contributed by atoms with E-state index in [2.05, 4.69) is 18.7 Å². The first-order valence-electron chi connectivity index (χ1n) is 12.3. The molecule has 1 unspecified atom stereocenters. The third kappa shape index (κ3) is 12.8. The zero-order valence-electron chi connectivity index (χ0n) is 18.9. The summed E-state index contributed by atoms with van der Waals surface area (Å²) >= 11 is 0. The molecule has 1 aliphatic rings. The normalized spacial score (nSPS) is 16.2. The van der Waals surface area contributed by atoms with Crippen LogP contribution in [0.5, 0.6) is 0 Å². The van der Waals surface area contributed by atoms with E-state index in [0.29, 0.717) is 6.61 Å². The van der Waals surface area contributed by atoms with Gasteiger partial charge in [-0.25, -0.2) is 0 Å². The van der Waals surface area contributed by atoms with E-state index in [-0.39, 0.29) is 12.0 Å². The van der Waals surface area contributed by atoms with Gasteiger partial charge in [0.05, 0.1) is 19.8 Å². The van der Waals surface area contributed by atoms with Crippen LogP contribution in [0.15, 0.2) is 0 Å². The fourth-order valence-electron chi connectivity index (χ4n) is 4.03. The Morgan fingerprint density at radius 1 is 0.786 bits per heavy atom. The lowest BCUT2D eigenvalue weighted by Crippen LogP contribution is -2.47. The summed E-state index contributed by atoms with van der Waals surface area (Å²) in [6.07, 6.45) is 19.7. The van der Waals surface area contributed by atoms with Crippen molar-refractivity contribution in [1.29, 1.82) is 0 Å². The van der Waals surface area contributed by atoms with Crippen LogP contribution in [-0.4, -0.2) is 49.8 Å². The number of rotatable bonds is 18. The van der Waals surface area contributed by atoms with Crippen LogP contribution in [0, 0.1) is 0 Å². The summed E-state index contributed by atoms with van der Waals surface area (Å²) in [6.45, 7) is 8.05. The Hall–Kier alpha value is -0.610. The molecule has 0 amide bonds. The van der Waals surface area contributed by atoms with Gasteiger partial charge >= 0.3 is 5.97 Å². The van der Waals surface area contributed by atoms with Gasteiger partial charge in [-0.2, -0.15) is 0 Å². The standard InChI is InChI=1S/C24H47NO3/c1-3-5-6-7-8-9-10-11-12-13-14-15-16-17-20-28-24(26)23(4-2)25-18-21-27-22-19-25/h23H,3-22H2,1-2H3. The van der Waals surface area contributed by atoms with Gasteiger partial charge in [-0.15, -0.1) is 0 Å². The van der Waals surface area contributed by atoms with Crippen LogP contribution >= 0.6 is 0 Å². The Balaban J connectivity index is 1.86. The quantitative estimate of drug-likeness (QED) is 0.206. The van der Waals surface area contributed by atoms with E-state index >= 15 is 0 Å². The summed E-state index contributed by atoms with van der Waals surface area (Å²) in [7, 11) is 0. The van der Waals surface area contributed by atoms with Gasteiger partial charge in [-0.3, -0.25) is 9.69 Å². The van der Waals surface area contributed by atoms with E-state index in [0.717, 1.165) is 39.1 Å². The van der Waals surface area contributed by atoms with E-state index in [1.165, 1.54) is 83.5 Å². The number of hydrogen-bond donors (Lipinski definition) is 0. The fourth-order valence-corrected chi connectivity index (χ4v) is 4.03. The van der Waals surface area contributed by atoms with Crippen molar-refractivity contribution >= 4 is 5.97 Å². The molecule has 1 rings (SSSR count). The number of ether oxygens (including phenoxy) is 2. The number of esters is 1. The lowest BCUT2D eigenvalue weighted by Gasteiger charge is -2.32. The summed E-state index contributed by atoms with van der Waals surface area (Å²) < 4.78 is 10.9. The van der Waals surface area contributed by atoms with Gasteiger partial charge in [0.2, 0.25) is 0 Å². The molecule has 0 spiro atoms. The zero-order valence-corrected chi connectivity index (χ0v) is 18.9. The molecule has 1 saturated heterocycles. The predicted molar refractivity (Wildman–Crippen MR) is 118 cm³/mol. The van der Waals surface area contributed by atoms with Crippen LogP contribution in [0.1, 0.15) is 110 Å². The fraction of sp³-hybridized carbons (Fsp3) is 0.958. The minimum absolute atomic E-state index is 0.0425. The highest BCUT2D eigenvalue weighted by Gasteiger charge is 2.26. The van der Waals surface area contributed by atoms with Crippen molar-refractivity contribution in [2.45, 2.75) is 116 Å². The van der Waals surface area contributed by atoms with Crippen LogP contribution in [0.2, 0.25) is 0 Å². The smallest absolute Gasteiger partial charge is 0.323 e. The minimum atomic E-state index is -0.0875. The molecule has 0 aliphatic carbocycles. The van der Waals surface area contributed by atoms with Crippen molar-refractivity contribution < 1.29 is 14.3 Å². The average Bonchev–Trinajstić information content (AvgIpc) is 2.72. The van der Waals surface area contributed by atoms with E-state index in [1.54, 1.807) is 0 Å². The maximum atomic E-state index is 12.3. The number of carbonyl (C=O) groups excluding carboxylic acids is 1. The molecule has 0 bridgehead atoms.